The van der Waals surface area contributed by atoms with Crippen molar-refractivity contribution in [1.29, 1.82) is 0 Å². The van der Waals surface area contributed by atoms with Gasteiger partial charge >= 0.3 is 0 Å². The first-order valence-corrected chi connectivity index (χ1v) is 7.45. The van der Waals surface area contributed by atoms with E-state index in [4.69, 9.17) is 28.9 Å². The Labute approximate surface area is 135 Å². The Balaban J connectivity index is 1.99. The van der Waals surface area contributed by atoms with Crippen LogP contribution in [0, 0.1) is 5.82 Å². The van der Waals surface area contributed by atoms with E-state index >= 15 is 0 Å². The van der Waals surface area contributed by atoms with E-state index in [2.05, 4.69) is 4.98 Å². The molecule has 1 fully saturated rings. The van der Waals surface area contributed by atoms with Crippen molar-refractivity contribution in [3.63, 3.8) is 0 Å². The number of aromatic nitrogens is 1. The number of hydrogen-bond donors (Lipinski definition) is 2. The highest BCUT2D eigenvalue weighted by Gasteiger charge is 2.40. The number of nitrogens with zero attached hydrogens (tertiary/aromatic N) is 1. The van der Waals surface area contributed by atoms with Crippen molar-refractivity contribution in [3.05, 3.63) is 33.7 Å². The summed E-state index contributed by atoms with van der Waals surface area (Å²) in [6, 6.07) is 2.63. The first-order chi connectivity index (χ1) is 10.4. The number of alkyl halides is 1. The molecule has 2 aromatic rings. The van der Waals surface area contributed by atoms with Crippen LogP contribution in [0.3, 0.4) is 0 Å². The van der Waals surface area contributed by atoms with E-state index in [1.54, 1.807) is 0 Å². The Morgan fingerprint density at radius 1 is 1.41 bits per heavy atom. The molecule has 0 radical (unpaired) electrons. The fourth-order valence-corrected chi connectivity index (χ4v) is 3.30. The highest BCUT2D eigenvalue weighted by atomic mass is 35.5. The quantitative estimate of drug-likeness (QED) is 0.876. The average Bonchev–Trinajstić information content (AvgIpc) is 3.05. The predicted octanol–water partition coefficient (Wildman–Crippen LogP) is 3.13. The third-order valence-corrected chi connectivity index (χ3v) is 4.71. The van der Waals surface area contributed by atoms with Gasteiger partial charge in [-0.2, -0.15) is 0 Å². The standard InChI is InChI=1S/C14H13Cl2F2N3O/c15-10-7(17)1-2-8-9(10)11(16)12(20-8)13(22)21-4-3-14(18,5-19)6-21/h1-2,20H,3-6,19H2/t14-/m0/s1. The van der Waals surface area contributed by atoms with Crippen molar-refractivity contribution in [3.8, 4) is 0 Å². The third kappa shape index (κ3) is 2.35. The second kappa shape index (κ2) is 5.37. The molecule has 118 valence electrons. The second-order valence-electron chi connectivity index (χ2n) is 5.43. The lowest BCUT2D eigenvalue weighted by molar-refractivity contribution is 0.0752. The smallest absolute Gasteiger partial charge is 0.271 e. The van der Waals surface area contributed by atoms with Crippen LogP contribution < -0.4 is 5.73 Å². The zero-order valence-corrected chi connectivity index (χ0v) is 12.9. The lowest BCUT2D eigenvalue weighted by Crippen LogP contribution is -2.38. The van der Waals surface area contributed by atoms with E-state index in [0.717, 1.165) is 0 Å². The van der Waals surface area contributed by atoms with E-state index < -0.39 is 17.4 Å². The number of fused-ring (bicyclic) bond motifs is 1. The van der Waals surface area contributed by atoms with Crippen LogP contribution in [0.25, 0.3) is 10.9 Å². The van der Waals surface area contributed by atoms with E-state index in [-0.39, 0.29) is 47.2 Å². The second-order valence-corrected chi connectivity index (χ2v) is 6.19. The topological polar surface area (TPSA) is 62.1 Å². The minimum atomic E-state index is -1.57. The van der Waals surface area contributed by atoms with Gasteiger partial charge in [-0.05, 0) is 12.1 Å². The number of rotatable bonds is 2. The van der Waals surface area contributed by atoms with Crippen LogP contribution in [-0.2, 0) is 0 Å². The molecule has 0 aliphatic carbocycles. The van der Waals surface area contributed by atoms with Crippen LogP contribution in [0.2, 0.25) is 10.0 Å². The van der Waals surface area contributed by atoms with Gasteiger partial charge in [-0.15, -0.1) is 0 Å². The molecule has 1 aliphatic rings. The average molecular weight is 348 g/mol. The Hall–Kier alpha value is -1.37. The lowest BCUT2D eigenvalue weighted by Gasteiger charge is -2.19. The molecule has 3 N–H and O–H groups in total. The summed E-state index contributed by atoms with van der Waals surface area (Å²) in [4.78, 5) is 16.7. The van der Waals surface area contributed by atoms with Gasteiger partial charge in [0.2, 0.25) is 0 Å². The number of likely N-dealkylation sites (tertiary alicyclic amines) is 1. The molecular weight excluding hydrogens is 335 g/mol. The molecule has 1 aliphatic heterocycles. The first-order valence-electron chi connectivity index (χ1n) is 6.70. The summed E-state index contributed by atoms with van der Waals surface area (Å²) in [6.07, 6.45) is 0.183. The zero-order valence-electron chi connectivity index (χ0n) is 11.4. The van der Waals surface area contributed by atoms with Crippen LogP contribution >= 0.6 is 23.2 Å². The SMILES string of the molecule is NC[C@@]1(F)CCN(C(=O)c2[nH]c3ccc(F)c(Cl)c3c2Cl)C1. The number of amides is 1. The van der Waals surface area contributed by atoms with E-state index in [1.807, 2.05) is 0 Å². The van der Waals surface area contributed by atoms with Gasteiger partial charge in [0.25, 0.3) is 5.91 Å². The van der Waals surface area contributed by atoms with E-state index in [9.17, 15) is 13.6 Å². The third-order valence-electron chi connectivity index (χ3n) is 3.96. The summed E-state index contributed by atoms with van der Waals surface area (Å²) in [5, 5.41) is 0.130. The van der Waals surface area contributed by atoms with Crippen LogP contribution in [0.4, 0.5) is 8.78 Å². The molecule has 4 nitrogen and oxygen atoms in total. The lowest BCUT2D eigenvalue weighted by atomic mass is 10.1. The molecule has 3 rings (SSSR count). The monoisotopic (exact) mass is 347 g/mol. The molecule has 1 saturated heterocycles. The Bertz CT molecular complexity index is 764. The summed E-state index contributed by atoms with van der Waals surface area (Å²) < 4.78 is 27.7. The van der Waals surface area contributed by atoms with Crippen molar-refractivity contribution in [2.75, 3.05) is 19.6 Å². The fourth-order valence-electron chi connectivity index (χ4n) is 2.66. The van der Waals surface area contributed by atoms with Gasteiger partial charge in [-0.3, -0.25) is 4.79 Å². The van der Waals surface area contributed by atoms with Gasteiger partial charge in [-0.25, -0.2) is 8.78 Å². The summed E-state index contributed by atoms with van der Waals surface area (Å²) >= 11 is 12.1. The van der Waals surface area contributed by atoms with Crippen LogP contribution in [0.15, 0.2) is 12.1 Å². The number of benzene rings is 1. The Morgan fingerprint density at radius 3 is 2.77 bits per heavy atom. The number of nitrogens with one attached hydrogen (secondary N) is 1. The molecule has 0 bridgehead atoms. The number of carbonyl (C=O) groups excluding carboxylic acids is 1. The zero-order chi connectivity index (χ0) is 16.1. The number of carbonyl (C=O) groups is 1. The summed E-state index contributed by atoms with van der Waals surface area (Å²) in [5.41, 5.74) is 4.34. The van der Waals surface area contributed by atoms with E-state index in [0.29, 0.717) is 5.52 Å². The molecule has 0 saturated carbocycles. The molecule has 1 atom stereocenters. The van der Waals surface area contributed by atoms with Crippen molar-refractivity contribution < 1.29 is 13.6 Å². The van der Waals surface area contributed by atoms with Gasteiger partial charge in [0.15, 0.2) is 0 Å². The van der Waals surface area contributed by atoms with Crippen LogP contribution in [0.1, 0.15) is 16.9 Å². The van der Waals surface area contributed by atoms with Gasteiger partial charge in [-0.1, -0.05) is 23.2 Å². The van der Waals surface area contributed by atoms with Gasteiger partial charge in [0.1, 0.15) is 17.2 Å². The molecule has 2 heterocycles. The molecule has 0 spiro atoms. The molecule has 1 aromatic carbocycles. The predicted molar refractivity (Wildman–Crippen MR) is 81.7 cm³/mol. The minimum Gasteiger partial charge on any atom is -0.349 e. The number of halogens is 4. The highest BCUT2D eigenvalue weighted by Crippen LogP contribution is 2.36. The van der Waals surface area contributed by atoms with Crippen molar-refractivity contribution in [2.45, 2.75) is 12.1 Å². The van der Waals surface area contributed by atoms with Crippen molar-refractivity contribution in [2.24, 2.45) is 5.73 Å². The van der Waals surface area contributed by atoms with Crippen molar-refractivity contribution in [1.82, 2.24) is 9.88 Å². The first kappa shape index (κ1) is 15.5. The number of nitrogens with two attached hydrogens (primary N) is 1. The van der Waals surface area contributed by atoms with Crippen LogP contribution in [0.5, 0.6) is 0 Å². The number of hydrogen-bond acceptors (Lipinski definition) is 2. The maximum absolute atomic E-state index is 14.2. The normalized spacial score (nSPS) is 21.8. The van der Waals surface area contributed by atoms with E-state index in [1.165, 1.54) is 17.0 Å². The van der Waals surface area contributed by atoms with Gasteiger partial charge in [0, 0.05) is 30.4 Å². The molecule has 1 amide bonds. The Kier molecular flexibility index (Phi) is 3.79. The number of aromatic amines is 1. The highest BCUT2D eigenvalue weighted by molar-refractivity contribution is 6.44. The van der Waals surface area contributed by atoms with Crippen LogP contribution in [-0.4, -0.2) is 41.1 Å². The molecule has 1 aromatic heterocycles. The summed E-state index contributed by atoms with van der Waals surface area (Å²) in [5.74, 6) is -1.08. The maximum Gasteiger partial charge on any atom is 0.271 e. The molecule has 8 heteroatoms. The molecule has 0 unspecified atom stereocenters. The van der Waals surface area contributed by atoms with Gasteiger partial charge < -0.3 is 15.6 Å². The number of H-pyrrole nitrogens is 1. The summed E-state index contributed by atoms with van der Waals surface area (Å²) in [7, 11) is 0. The molecular formula is C14H13Cl2F2N3O. The summed E-state index contributed by atoms with van der Waals surface area (Å²) in [6.45, 7) is 0.0185. The minimum absolute atomic E-state index is 0.0357. The van der Waals surface area contributed by atoms with Gasteiger partial charge in [0.05, 0.1) is 16.6 Å². The Morgan fingerprint density at radius 2 is 2.14 bits per heavy atom. The molecule has 22 heavy (non-hydrogen) atoms. The largest absolute Gasteiger partial charge is 0.349 e. The van der Waals surface area contributed by atoms with Crippen molar-refractivity contribution >= 4 is 40.0 Å². The maximum atomic E-state index is 14.2. The fraction of sp³-hybridized carbons (Fsp3) is 0.357.